The summed E-state index contributed by atoms with van der Waals surface area (Å²) in [5, 5.41) is 9.70. The van der Waals surface area contributed by atoms with E-state index in [1.807, 2.05) is 0 Å². The zero-order valence-corrected chi connectivity index (χ0v) is 16.4. The van der Waals surface area contributed by atoms with Gasteiger partial charge in [0.2, 0.25) is 10.0 Å². The van der Waals surface area contributed by atoms with E-state index in [-0.39, 0.29) is 16.1 Å². The first-order valence-corrected chi connectivity index (χ1v) is 10.8. The van der Waals surface area contributed by atoms with Crippen molar-refractivity contribution in [1.29, 1.82) is 0 Å². The number of nitrogens with one attached hydrogen (secondary N) is 2. The molecule has 1 amide bonds. The molecule has 1 saturated heterocycles. The SMILES string of the molecule is O=C(Nc1ccc(S(=O)(=O)N2CCCCC2)cc1)c1n[nH]c(=O)c2ccccc12. The van der Waals surface area contributed by atoms with E-state index >= 15 is 0 Å². The Morgan fingerprint density at radius 3 is 2.31 bits per heavy atom. The van der Waals surface area contributed by atoms with Crippen LogP contribution in [0, 0.1) is 0 Å². The van der Waals surface area contributed by atoms with Crippen LogP contribution in [0.1, 0.15) is 29.8 Å². The standard InChI is InChI=1S/C20H20N4O4S/c25-19-17-7-3-2-6-16(17)18(22-23-19)20(26)21-14-8-10-15(11-9-14)29(27,28)24-12-4-1-5-13-24/h2-3,6-11H,1,4-5,12-13H2,(H,21,26)(H,23,25). The van der Waals surface area contributed by atoms with Crippen LogP contribution >= 0.6 is 0 Å². The van der Waals surface area contributed by atoms with E-state index in [1.165, 1.54) is 16.4 Å². The third-order valence-corrected chi connectivity index (χ3v) is 6.89. The van der Waals surface area contributed by atoms with Crippen molar-refractivity contribution in [3.63, 3.8) is 0 Å². The van der Waals surface area contributed by atoms with Crippen LogP contribution in [0.2, 0.25) is 0 Å². The van der Waals surface area contributed by atoms with Crippen LogP contribution in [-0.4, -0.2) is 41.9 Å². The zero-order valence-electron chi connectivity index (χ0n) is 15.6. The molecule has 29 heavy (non-hydrogen) atoms. The van der Waals surface area contributed by atoms with Gasteiger partial charge in [0, 0.05) is 24.2 Å². The van der Waals surface area contributed by atoms with Crippen LogP contribution in [0.5, 0.6) is 0 Å². The number of piperidine rings is 1. The van der Waals surface area contributed by atoms with Crippen molar-refractivity contribution < 1.29 is 13.2 Å². The predicted octanol–water partition coefficient (Wildman–Crippen LogP) is 2.35. The van der Waals surface area contributed by atoms with Gasteiger partial charge in [0.15, 0.2) is 5.69 Å². The summed E-state index contributed by atoms with van der Waals surface area (Å²) in [6.45, 7) is 1.07. The molecule has 4 rings (SSSR count). The Kier molecular flexibility index (Phi) is 5.16. The maximum absolute atomic E-state index is 12.7. The molecule has 0 saturated carbocycles. The van der Waals surface area contributed by atoms with E-state index in [0.717, 1.165) is 19.3 Å². The lowest BCUT2D eigenvalue weighted by atomic mass is 10.1. The summed E-state index contributed by atoms with van der Waals surface area (Å²) in [7, 11) is -3.52. The maximum atomic E-state index is 12.7. The number of aromatic nitrogens is 2. The molecule has 150 valence electrons. The molecule has 0 unspecified atom stereocenters. The quantitative estimate of drug-likeness (QED) is 0.683. The summed E-state index contributed by atoms with van der Waals surface area (Å²) in [5.74, 6) is -0.496. The van der Waals surface area contributed by atoms with E-state index in [4.69, 9.17) is 0 Å². The van der Waals surface area contributed by atoms with Crippen molar-refractivity contribution in [1.82, 2.24) is 14.5 Å². The molecule has 1 fully saturated rings. The summed E-state index contributed by atoms with van der Waals surface area (Å²) in [6.07, 6.45) is 2.78. The molecule has 0 atom stereocenters. The molecule has 1 aromatic heterocycles. The molecule has 0 bridgehead atoms. The van der Waals surface area contributed by atoms with Gasteiger partial charge in [0.25, 0.3) is 11.5 Å². The number of hydrogen-bond acceptors (Lipinski definition) is 5. The van der Waals surface area contributed by atoms with Crippen molar-refractivity contribution >= 4 is 32.4 Å². The van der Waals surface area contributed by atoms with Crippen molar-refractivity contribution in [2.45, 2.75) is 24.2 Å². The van der Waals surface area contributed by atoms with Crippen LogP contribution in [0.3, 0.4) is 0 Å². The van der Waals surface area contributed by atoms with Gasteiger partial charge in [0.05, 0.1) is 10.3 Å². The number of amides is 1. The number of anilines is 1. The van der Waals surface area contributed by atoms with Gasteiger partial charge in [-0.1, -0.05) is 24.6 Å². The number of rotatable bonds is 4. The Balaban J connectivity index is 1.56. The van der Waals surface area contributed by atoms with Crippen molar-refractivity contribution in [2.75, 3.05) is 18.4 Å². The van der Waals surface area contributed by atoms with Gasteiger partial charge < -0.3 is 5.32 Å². The van der Waals surface area contributed by atoms with Crippen LogP contribution in [0.25, 0.3) is 10.8 Å². The number of aromatic amines is 1. The Morgan fingerprint density at radius 2 is 1.62 bits per heavy atom. The highest BCUT2D eigenvalue weighted by atomic mass is 32.2. The Labute approximate surface area is 167 Å². The van der Waals surface area contributed by atoms with Gasteiger partial charge in [-0.3, -0.25) is 9.59 Å². The van der Waals surface area contributed by atoms with Crippen molar-refractivity contribution in [3.05, 3.63) is 64.6 Å². The molecule has 9 heteroatoms. The smallest absolute Gasteiger partial charge is 0.276 e. The Morgan fingerprint density at radius 1 is 0.966 bits per heavy atom. The highest BCUT2D eigenvalue weighted by Gasteiger charge is 2.25. The van der Waals surface area contributed by atoms with E-state index in [0.29, 0.717) is 29.5 Å². The fourth-order valence-corrected chi connectivity index (χ4v) is 4.96. The first-order valence-electron chi connectivity index (χ1n) is 9.36. The molecule has 0 radical (unpaired) electrons. The van der Waals surface area contributed by atoms with Gasteiger partial charge in [-0.2, -0.15) is 9.40 Å². The topological polar surface area (TPSA) is 112 Å². The van der Waals surface area contributed by atoms with E-state index in [1.54, 1.807) is 36.4 Å². The predicted molar refractivity (Wildman–Crippen MR) is 109 cm³/mol. The minimum absolute atomic E-state index is 0.0882. The second-order valence-corrected chi connectivity index (χ2v) is 8.83. The normalized spacial score (nSPS) is 15.3. The second kappa shape index (κ2) is 7.76. The number of carbonyl (C=O) groups is 1. The first-order chi connectivity index (χ1) is 14.0. The Hall–Kier alpha value is -3.04. The average molecular weight is 412 g/mol. The lowest BCUT2D eigenvalue weighted by Gasteiger charge is -2.25. The number of nitrogens with zero attached hydrogens (tertiary/aromatic N) is 2. The van der Waals surface area contributed by atoms with Gasteiger partial charge in [-0.25, -0.2) is 13.5 Å². The monoisotopic (exact) mass is 412 g/mol. The van der Waals surface area contributed by atoms with Crippen LogP contribution in [0.15, 0.2) is 58.2 Å². The number of fused-ring (bicyclic) bond motifs is 1. The minimum Gasteiger partial charge on any atom is -0.321 e. The fourth-order valence-electron chi connectivity index (χ4n) is 3.44. The zero-order chi connectivity index (χ0) is 20.4. The lowest BCUT2D eigenvalue weighted by molar-refractivity contribution is 0.102. The van der Waals surface area contributed by atoms with Crippen LogP contribution < -0.4 is 10.9 Å². The third kappa shape index (κ3) is 3.79. The van der Waals surface area contributed by atoms with Gasteiger partial charge in [0.1, 0.15) is 0 Å². The molecule has 2 aromatic carbocycles. The van der Waals surface area contributed by atoms with Crippen LogP contribution in [0.4, 0.5) is 5.69 Å². The molecule has 0 aliphatic carbocycles. The molecule has 2 N–H and O–H groups in total. The molecule has 2 heterocycles. The van der Waals surface area contributed by atoms with Gasteiger partial charge in [-0.15, -0.1) is 0 Å². The largest absolute Gasteiger partial charge is 0.321 e. The number of H-pyrrole nitrogens is 1. The van der Waals surface area contributed by atoms with Gasteiger partial charge in [-0.05, 0) is 43.2 Å². The van der Waals surface area contributed by atoms with Crippen molar-refractivity contribution in [2.24, 2.45) is 0 Å². The van der Waals surface area contributed by atoms with Crippen molar-refractivity contribution in [3.8, 4) is 0 Å². The summed E-state index contributed by atoms with van der Waals surface area (Å²) in [4.78, 5) is 24.7. The molecule has 3 aromatic rings. The second-order valence-electron chi connectivity index (χ2n) is 6.89. The fraction of sp³-hybridized carbons (Fsp3) is 0.250. The Bertz CT molecular complexity index is 1210. The molecule has 1 aliphatic rings. The summed E-state index contributed by atoms with van der Waals surface area (Å²) >= 11 is 0. The maximum Gasteiger partial charge on any atom is 0.276 e. The van der Waals surface area contributed by atoms with Gasteiger partial charge >= 0.3 is 0 Å². The average Bonchev–Trinajstić information content (AvgIpc) is 2.75. The number of carbonyl (C=O) groups excluding carboxylic acids is 1. The van der Waals surface area contributed by atoms with Crippen LogP contribution in [-0.2, 0) is 10.0 Å². The molecule has 8 nitrogen and oxygen atoms in total. The summed E-state index contributed by atoms with van der Waals surface area (Å²) < 4.78 is 26.9. The highest BCUT2D eigenvalue weighted by molar-refractivity contribution is 7.89. The molecule has 0 spiro atoms. The number of benzene rings is 2. The number of hydrogen-bond donors (Lipinski definition) is 2. The molecular weight excluding hydrogens is 392 g/mol. The third-order valence-electron chi connectivity index (χ3n) is 4.98. The van der Waals surface area contributed by atoms with E-state index in [9.17, 15) is 18.0 Å². The number of sulfonamides is 1. The van der Waals surface area contributed by atoms with E-state index < -0.39 is 15.9 Å². The highest BCUT2D eigenvalue weighted by Crippen LogP contribution is 2.22. The summed E-state index contributed by atoms with van der Waals surface area (Å²) in [6, 6.07) is 12.8. The van der Waals surface area contributed by atoms with E-state index in [2.05, 4.69) is 15.5 Å². The summed E-state index contributed by atoms with van der Waals surface area (Å²) in [5.41, 5.74) is 0.152. The minimum atomic E-state index is -3.52. The first kappa shape index (κ1) is 19.3. The molecule has 1 aliphatic heterocycles. The molecular formula is C20H20N4O4S. The lowest BCUT2D eigenvalue weighted by Crippen LogP contribution is -2.35.